The third-order valence-corrected chi connectivity index (χ3v) is 1.85. The zero-order valence-corrected chi connectivity index (χ0v) is 9.57. The Labute approximate surface area is 94.0 Å². The lowest BCUT2D eigenvalue weighted by Crippen LogP contribution is -2.49. The smallest absolute Gasteiger partial charge is 0.328 e. The SMILES string of the molecule is C=CC(=O)N[C@@H](C)C(=O)N[C@@H](C)C(=O)OC. The molecular weight excluding hydrogens is 212 g/mol. The van der Waals surface area contributed by atoms with Crippen LogP contribution >= 0.6 is 0 Å². The van der Waals surface area contributed by atoms with Crippen LogP contribution in [0.4, 0.5) is 0 Å². The first-order chi connectivity index (χ1) is 7.42. The zero-order valence-electron chi connectivity index (χ0n) is 9.57. The molecule has 0 aromatic heterocycles. The summed E-state index contributed by atoms with van der Waals surface area (Å²) in [6.07, 6.45) is 1.06. The highest BCUT2D eigenvalue weighted by Crippen LogP contribution is 1.89. The predicted octanol–water partition coefficient (Wildman–Crippen LogP) is -0.645. The van der Waals surface area contributed by atoms with Crippen LogP contribution in [-0.4, -0.2) is 37.0 Å². The molecular formula is C10H16N2O4. The number of esters is 1. The van der Waals surface area contributed by atoms with Crippen LogP contribution in [0.15, 0.2) is 12.7 Å². The third-order valence-electron chi connectivity index (χ3n) is 1.85. The van der Waals surface area contributed by atoms with Crippen LogP contribution in [0.25, 0.3) is 0 Å². The van der Waals surface area contributed by atoms with E-state index in [0.29, 0.717) is 0 Å². The highest BCUT2D eigenvalue weighted by atomic mass is 16.5. The molecule has 0 heterocycles. The lowest BCUT2D eigenvalue weighted by atomic mass is 10.2. The second-order valence-electron chi connectivity index (χ2n) is 3.19. The minimum atomic E-state index is -0.749. The van der Waals surface area contributed by atoms with Crippen molar-refractivity contribution >= 4 is 17.8 Å². The van der Waals surface area contributed by atoms with Crippen LogP contribution in [0, 0.1) is 0 Å². The van der Waals surface area contributed by atoms with Gasteiger partial charge in [0, 0.05) is 0 Å². The second-order valence-corrected chi connectivity index (χ2v) is 3.19. The molecule has 0 aliphatic heterocycles. The summed E-state index contributed by atoms with van der Waals surface area (Å²) in [6.45, 7) is 6.25. The molecule has 16 heavy (non-hydrogen) atoms. The molecule has 0 aliphatic carbocycles. The fourth-order valence-electron chi connectivity index (χ4n) is 0.912. The van der Waals surface area contributed by atoms with Crippen molar-refractivity contribution in [2.75, 3.05) is 7.11 Å². The third kappa shape index (κ3) is 4.59. The molecule has 90 valence electrons. The van der Waals surface area contributed by atoms with Gasteiger partial charge in [-0.25, -0.2) is 4.79 Å². The van der Waals surface area contributed by atoms with E-state index >= 15 is 0 Å². The molecule has 2 atom stereocenters. The summed E-state index contributed by atoms with van der Waals surface area (Å²) < 4.78 is 4.44. The minimum absolute atomic E-state index is 0.451. The molecule has 0 bridgehead atoms. The Morgan fingerprint density at radius 2 is 1.75 bits per heavy atom. The van der Waals surface area contributed by atoms with Gasteiger partial charge in [-0.3, -0.25) is 9.59 Å². The lowest BCUT2D eigenvalue weighted by Gasteiger charge is -2.16. The van der Waals surface area contributed by atoms with Gasteiger partial charge in [0.1, 0.15) is 12.1 Å². The fourth-order valence-corrected chi connectivity index (χ4v) is 0.912. The maximum Gasteiger partial charge on any atom is 0.328 e. The molecule has 0 aliphatic rings. The molecule has 0 saturated heterocycles. The summed E-state index contributed by atoms with van der Waals surface area (Å²) in [7, 11) is 1.23. The minimum Gasteiger partial charge on any atom is -0.467 e. The first-order valence-electron chi connectivity index (χ1n) is 4.73. The van der Waals surface area contributed by atoms with Gasteiger partial charge in [-0.15, -0.1) is 0 Å². The van der Waals surface area contributed by atoms with Gasteiger partial charge in [-0.05, 0) is 19.9 Å². The molecule has 0 saturated carbocycles. The molecule has 2 amide bonds. The summed E-state index contributed by atoms with van der Waals surface area (Å²) in [5.74, 6) is -1.46. The average Bonchev–Trinajstić information content (AvgIpc) is 2.27. The Kier molecular flexibility index (Phi) is 5.84. The molecule has 2 N–H and O–H groups in total. The van der Waals surface area contributed by atoms with E-state index < -0.39 is 29.9 Å². The number of hydrogen-bond donors (Lipinski definition) is 2. The molecule has 0 aromatic carbocycles. The average molecular weight is 228 g/mol. The van der Waals surface area contributed by atoms with E-state index in [2.05, 4.69) is 21.9 Å². The molecule has 0 spiro atoms. The second kappa shape index (κ2) is 6.60. The number of rotatable bonds is 5. The Bertz CT molecular complexity index is 301. The van der Waals surface area contributed by atoms with Gasteiger partial charge in [-0.2, -0.15) is 0 Å². The normalized spacial score (nSPS) is 13.2. The molecule has 0 rings (SSSR count). The van der Waals surface area contributed by atoms with Crippen molar-refractivity contribution in [1.29, 1.82) is 0 Å². The first kappa shape index (κ1) is 14.2. The fraction of sp³-hybridized carbons (Fsp3) is 0.500. The summed E-state index contributed by atoms with van der Waals surface area (Å²) in [4.78, 5) is 33.4. The van der Waals surface area contributed by atoms with Crippen LogP contribution in [0.1, 0.15) is 13.8 Å². The van der Waals surface area contributed by atoms with Gasteiger partial charge in [0.25, 0.3) is 0 Å². The standard InChI is InChI=1S/C10H16N2O4/c1-5-8(13)11-6(2)9(14)12-7(3)10(15)16-4/h5-7H,1H2,2-4H3,(H,11,13)(H,12,14)/t6-,7-/m0/s1. The van der Waals surface area contributed by atoms with Crippen molar-refractivity contribution in [2.45, 2.75) is 25.9 Å². The largest absolute Gasteiger partial charge is 0.467 e. The molecule has 0 aromatic rings. The maximum atomic E-state index is 11.5. The highest BCUT2D eigenvalue weighted by Gasteiger charge is 2.20. The summed E-state index contributed by atoms with van der Waals surface area (Å²) in [5.41, 5.74) is 0. The maximum absolute atomic E-state index is 11.5. The van der Waals surface area contributed by atoms with Crippen LogP contribution < -0.4 is 10.6 Å². The van der Waals surface area contributed by atoms with Gasteiger partial charge in [0.05, 0.1) is 7.11 Å². The molecule has 0 fully saturated rings. The summed E-state index contributed by atoms with van der Waals surface area (Å²) >= 11 is 0. The molecule has 0 radical (unpaired) electrons. The van der Waals surface area contributed by atoms with E-state index in [4.69, 9.17) is 0 Å². The van der Waals surface area contributed by atoms with E-state index in [0.717, 1.165) is 6.08 Å². The Balaban J connectivity index is 4.19. The molecule has 6 nitrogen and oxygen atoms in total. The van der Waals surface area contributed by atoms with Gasteiger partial charge in [-0.1, -0.05) is 6.58 Å². The van der Waals surface area contributed by atoms with Crippen molar-refractivity contribution < 1.29 is 19.1 Å². The van der Waals surface area contributed by atoms with Crippen molar-refractivity contribution in [3.8, 4) is 0 Å². The van der Waals surface area contributed by atoms with Crippen molar-refractivity contribution in [3.63, 3.8) is 0 Å². The van der Waals surface area contributed by atoms with E-state index in [9.17, 15) is 14.4 Å². The number of nitrogens with one attached hydrogen (secondary N) is 2. The first-order valence-corrected chi connectivity index (χ1v) is 4.73. The molecule has 6 heteroatoms. The topological polar surface area (TPSA) is 84.5 Å². The number of methoxy groups -OCH3 is 1. The van der Waals surface area contributed by atoms with Gasteiger partial charge >= 0.3 is 5.97 Å². The monoisotopic (exact) mass is 228 g/mol. The lowest BCUT2D eigenvalue weighted by molar-refractivity contribution is -0.144. The van der Waals surface area contributed by atoms with Crippen LogP contribution in [0.2, 0.25) is 0 Å². The number of carbonyl (C=O) groups excluding carboxylic acids is 3. The number of hydrogen-bond acceptors (Lipinski definition) is 4. The van der Waals surface area contributed by atoms with E-state index in [-0.39, 0.29) is 0 Å². The Morgan fingerprint density at radius 1 is 1.19 bits per heavy atom. The van der Waals surface area contributed by atoms with E-state index in [1.54, 1.807) is 0 Å². The van der Waals surface area contributed by atoms with E-state index in [1.807, 2.05) is 0 Å². The van der Waals surface area contributed by atoms with Crippen LogP contribution in [0.3, 0.4) is 0 Å². The quantitative estimate of drug-likeness (QED) is 0.484. The highest BCUT2D eigenvalue weighted by molar-refractivity contribution is 5.93. The molecule has 0 unspecified atom stereocenters. The van der Waals surface area contributed by atoms with Gasteiger partial charge in [0.2, 0.25) is 11.8 Å². The number of ether oxygens (including phenoxy) is 1. The number of amides is 2. The van der Waals surface area contributed by atoms with Crippen LogP contribution in [-0.2, 0) is 19.1 Å². The Hall–Kier alpha value is -1.85. The van der Waals surface area contributed by atoms with Crippen molar-refractivity contribution in [3.05, 3.63) is 12.7 Å². The number of carbonyl (C=O) groups is 3. The summed E-state index contributed by atoms with van der Waals surface area (Å²) in [6, 6.07) is -1.49. The summed E-state index contributed by atoms with van der Waals surface area (Å²) in [5, 5.41) is 4.77. The zero-order chi connectivity index (χ0) is 12.7. The van der Waals surface area contributed by atoms with Crippen LogP contribution in [0.5, 0.6) is 0 Å². The van der Waals surface area contributed by atoms with Gasteiger partial charge < -0.3 is 15.4 Å². The Morgan fingerprint density at radius 3 is 2.19 bits per heavy atom. The predicted molar refractivity (Wildman–Crippen MR) is 57.4 cm³/mol. The van der Waals surface area contributed by atoms with Crippen molar-refractivity contribution in [2.24, 2.45) is 0 Å². The van der Waals surface area contributed by atoms with Crippen molar-refractivity contribution in [1.82, 2.24) is 10.6 Å². The van der Waals surface area contributed by atoms with E-state index in [1.165, 1.54) is 21.0 Å². The van der Waals surface area contributed by atoms with Gasteiger partial charge in [0.15, 0.2) is 0 Å².